The van der Waals surface area contributed by atoms with E-state index in [0.717, 1.165) is 30.4 Å². The summed E-state index contributed by atoms with van der Waals surface area (Å²) in [4.78, 5) is 26.6. The number of thioether (sulfide) groups is 1. The fourth-order valence-electron chi connectivity index (χ4n) is 2.90. The van der Waals surface area contributed by atoms with Crippen molar-refractivity contribution in [2.24, 2.45) is 0 Å². The summed E-state index contributed by atoms with van der Waals surface area (Å²) in [5.41, 5.74) is 0.660. The average molecular weight is 436 g/mol. The molecule has 0 unspecified atom stereocenters. The molecule has 10 heteroatoms. The molecule has 1 aliphatic rings. The van der Waals surface area contributed by atoms with Gasteiger partial charge in [0.25, 0.3) is 5.91 Å². The normalized spacial score (nSPS) is 14.0. The standard InChI is InChI=1S/C19H25N5O3S2/c1-27-15-6-4-14(5-7-15)21-18(26)19-23-22-17(29-19)13-28-12-16(25)20-8-11-24-9-2-3-10-24/h4-7H,2-3,8-13H2,1H3,(H,20,25)(H,21,26). The zero-order chi connectivity index (χ0) is 20.5. The first-order valence-corrected chi connectivity index (χ1v) is 11.5. The van der Waals surface area contributed by atoms with Crippen molar-refractivity contribution < 1.29 is 14.3 Å². The number of aromatic nitrogens is 2. The predicted octanol–water partition coefficient (Wildman–Crippen LogP) is 2.24. The molecule has 0 atom stereocenters. The summed E-state index contributed by atoms with van der Waals surface area (Å²) in [5.74, 6) is 1.36. The minimum absolute atomic E-state index is 0.0242. The molecule has 29 heavy (non-hydrogen) atoms. The number of benzene rings is 1. The molecule has 0 spiro atoms. The van der Waals surface area contributed by atoms with Crippen LogP contribution in [0.1, 0.15) is 27.7 Å². The van der Waals surface area contributed by atoms with Gasteiger partial charge in [0.1, 0.15) is 10.8 Å². The first-order chi connectivity index (χ1) is 14.1. The van der Waals surface area contributed by atoms with Gasteiger partial charge >= 0.3 is 0 Å². The van der Waals surface area contributed by atoms with E-state index in [-0.39, 0.29) is 11.8 Å². The number of likely N-dealkylation sites (tertiary alicyclic amines) is 1. The van der Waals surface area contributed by atoms with Gasteiger partial charge in [-0.05, 0) is 50.2 Å². The zero-order valence-electron chi connectivity index (χ0n) is 16.3. The van der Waals surface area contributed by atoms with Crippen molar-refractivity contribution in [2.45, 2.75) is 18.6 Å². The van der Waals surface area contributed by atoms with E-state index < -0.39 is 0 Å². The highest BCUT2D eigenvalue weighted by Crippen LogP contribution is 2.19. The van der Waals surface area contributed by atoms with Crippen LogP contribution in [-0.4, -0.2) is 66.0 Å². The van der Waals surface area contributed by atoms with Gasteiger partial charge in [-0.2, -0.15) is 0 Å². The number of hydrogen-bond acceptors (Lipinski definition) is 8. The summed E-state index contributed by atoms with van der Waals surface area (Å²) >= 11 is 2.70. The molecular formula is C19H25N5O3S2. The number of rotatable bonds is 10. The van der Waals surface area contributed by atoms with Crippen LogP contribution in [0.4, 0.5) is 5.69 Å². The van der Waals surface area contributed by atoms with Gasteiger partial charge in [0.2, 0.25) is 10.9 Å². The number of nitrogens with one attached hydrogen (secondary N) is 2. The van der Waals surface area contributed by atoms with E-state index in [4.69, 9.17) is 4.74 Å². The van der Waals surface area contributed by atoms with E-state index in [9.17, 15) is 9.59 Å². The third-order valence-electron chi connectivity index (χ3n) is 4.42. The molecule has 0 bridgehead atoms. The molecule has 1 aliphatic heterocycles. The van der Waals surface area contributed by atoms with Gasteiger partial charge in [-0.3, -0.25) is 9.59 Å². The first kappa shape index (κ1) is 21.5. The maximum absolute atomic E-state index is 12.3. The Morgan fingerprint density at radius 2 is 1.97 bits per heavy atom. The Hall–Kier alpha value is -2.17. The average Bonchev–Trinajstić information content (AvgIpc) is 3.41. The number of ether oxygens (including phenoxy) is 1. The molecule has 8 nitrogen and oxygen atoms in total. The third-order valence-corrected chi connectivity index (χ3v) is 6.47. The molecule has 1 saturated heterocycles. The number of carbonyl (C=O) groups is 2. The maximum atomic E-state index is 12.3. The van der Waals surface area contributed by atoms with E-state index in [0.29, 0.717) is 28.7 Å². The van der Waals surface area contributed by atoms with Gasteiger partial charge in [-0.25, -0.2) is 0 Å². The monoisotopic (exact) mass is 435 g/mol. The lowest BCUT2D eigenvalue weighted by Crippen LogP contribution is -2.34. The smallest absolute Gasteiger partial charge is 0.286 e. The second kappa shape index (κ2) is 11.1. The SMILES string of the molecule is COc1ccc(NC(=O)c2nnc(CSCC(=O)NCCN3CCCC3)s2)cc1. The summed E-state index contributed by atoms with van der Waals surface area (Å²) in [6.45, 7) is 3.87. The van der Waals surface area contributed by atoms with Gasteiger partial charge < -0.3 is 20.3 Å². The zero-order valence-corrected chi connectivity index (χ0v) is 18.0. The molecule has 1 fully saturated rings. The molecule has 2 amide bonds. The van der Waals surface area contributed by atoms with Crippen LogP contribution in [0.5, 0.6) is 5.75 Å². The highest BCUT2D eigenvalue weighted by Gasteiger charge is 2.14. The van der Waals surface area contributed by atoms with Crippen molar-refractivity contribution in [3.63, 3.8) is 0 Å². The minimum atomic E-state index is -0.302. The lowest BCUT2D eigenvalue weighted by molar-refractivity contribution is -0.118. The summed E-state index contributed by atoms with van der Waals surface area (Å²) < 4.78 is 5.10. The molecule has 0 radical (unpaired) electrons. The van der Waals surface area contributed by atoms with Gasteiger partial charge in [-0.1, -0.05) is 11.3 Å². The molecule has 1 aromatic heterocycles. The highest BCUT2D eigenvalue weighted by molar-refractivity contribution is 7.99. The molecule has 0 aliphatic carbocycles. The van der Waals surface area contributed by atoms with Crippen LogP contribution in [-0.2, 0) is 10.5 Å². The minimum Gasteiger partial charge on any atom is -0.497 e. The van der Waals surface area contributed by atoms with Crippen molar-refractivity contribution in [2.75, 3.05) is 44.4 Å². The van der Waals surface area contributed by atoms with Crippen LogP contribution in [0.2, 0.25) is 0 Å². The van der Waals surface area contributed by atoms with E-state index in [2.05, 4.69) is 25.7 Å². The topological polar surface area (TPSA) is 96.5 Å². The molecular weight excluding hydrogens is 410 g/mol. The van der Waals surface area contributed by atoms with Crippen LogP contribution in [0, 0.1) is 0 Å². The summed E-state index contributed by atoms with van der Waals surface area (Å²) in [5, 5.41) is 14.7. The highest BCUT2D eigenvalue weighted by atomic mass is 32.2. The van der Waals surface area contributed by atoms with E-state index >= 15 is 0 Å². The molecule has 2 aromatic rings. The van der Waals surface area contributed by atoms with E-state index in [1.54, 1.807) is 31.4 Å². The number of hydrogen-bond donors (Lipinski definition) is 2. The first-order valence-electron chi connectivity index (χ1n) is 9.48. The van der Waals surface area contributed by atoms with Crippen molar-refractivity contribution >= 4 is 40.6 Å². The third kappa shape index (κ3) is 6.98. The summed E-state index contributed by atoms with van der Waals surface area (Å²) in [7, 11) is 1.59. The number of nitrogens with zero attached hydrogens (tertiary/aromatic N) is 3. The Kier molecular flexibility index (Phi) is 8.26. The maximum Gasteiger partial charge on any atom is 0.286 e. The second-order valence-electron chi connectivity index (χ2n) is 6.58. The van der Waals surface area contributed by atoms with E-state index in [1.807, 2.05) is 0 Å². The quantitative estimate of drug-likeness (QED) is 0.591. The summed E-state index contributed by atoms with van der Waals surface area (Å²) in [6.07, 6.45) is 2.51. The number of methoxy groups -OCH3 is 1. The van der Waals surface area contributed by atoms with Crippen molar-refractivity contribution in [1.29, 1.82) is 0 Å². The van der Waals surface area contributed by atoms with Gasteiger partial charge in [0.15, 0.2) is 0 Å². The van der Waals surface area contributed by atoms with Crippen LogP contribution >= 0.6 is 23.1 Å². The number of amides is 2. The summed E-state index contributed by atoms with van der Waals surface area (Å²) in [6, 6.07) is 7.07. The Labute approximate surface area is 178 Å². The molecule has 1 aromatic carbocycles. The van der Waals surface area contributed by atoms with Crippen LogP contribution < -0.4 is 15.4 Å². The molecule has 0 saturated carbocycles. The molecule has 2 N–H and O–H groups in total. The Morgan fingerprint density at radius 1 is 1.21 bits per heavy atom. The van der Waals surface area contributed by atoms with Crippen molar-refractivity contribution in [3.05, 3.63) is 34.3 Å². The van der Waals surface area contributed by atoms with Crippen LogP contribution in [0.15, 0.2) is 24.3 Å². The lowest BCUT2D eigenvalue weighted by Gasteiger charge is -2.14. The molecule has 3 rings (SSSR count). The Morgan fingerprint density at radius 3 is 2.69 bits per heavy atom. The van der Waals surface area contributed by atoms with Gasteiger partial charge in [-0.15, -0.1) is 22.0 Å². The van der Waals surface area contributed by atoms with Crippen LogP contribution in [0.25, 0.3) is 0 Å². The van der Waals surface area contributed by atoms with Crippen molar-refractivity contribution in [3.8, 4) is 5.75 Å². The lowest BCUT2D eigenvalue weighted by atomic mass is 10.3. The Bertz CT molecular complexity index is 806. The second-order valence-corrected chi connectivity index (χ2v) is 8.62. The van der Waals surface area contributed by atoms with Gasteiger partial charge in [0.05, 0.1) is 12.9 Å². The fourth-order valence-corrected chi connectivity index (χ4v) is 4.54. The molecule has 2 heterocycles. The number of anilines is 1. The molecule has 156 valence electrons. The largest absolute Gasteiger partial charge is 0.497 e. The van der Waals surface area contributed by atoms with Gasteiger partial charge in [0, 0.05) is 24.5 Å². The van der Waals surface area contributed by atoms with Crippen LogP contribution in [0.3, 0.4) is 0 Å². The predicted molar refractivity (Wildman–Crippen MR) is 116 cm³/mol. The van der Waals surface area contributed by atoms with Crippen molar-refractivity contribution in [1.82, 2.24) is 20.4 Å². The fraction of sp³-hybridized carbons (Fsp3) is 0.474. The number of carbonyl (C=O) groups excluding carboxylic acids is 2. The van der Waals surface area contributed by atoms with E-state index in [1.165, 1.54) is 35.9 Å². The Balaban J connectivity index is 1.35.